The second-order valence-electron chi connectivity index (χ2n) is 6.12. The van der Waals surface area contributed by atoms with Gasteiger partial charge in [0.1, 0.15) is 6.54 Å². The summed E-state index contributed by atoms with van der Waals surface area (Å²) in [4.78, 5) is 24.9. The van der Waals surface area contributed by atoms with Gasteiger partial charge in [-0.3, -0.25) is 9.59 Å². The first-order valence-corrected chi connectivity index (χ1v) is 8.25. The van der Waals surface area contributed by atoms with Crippen LogP contribution >= 0.6 is 0 Å². The van der Waals surface area contributed by atoms with Gasteiger partial charge in [0.2, 0.25) is 5.91 Å². The number of carbonyl (C=O) groups excluding carboxylic acids is 1. The van der Waals surface area contributed by atoms with Crippen LogP contribution in [0.15, 0.2) is 53.3 Å². The molecule has 3 rings (SSSR count). The number of nitriles is 1. The van der Waals surface area contributed by atoms with E-state index < -0.39 is 0 Å². The third-order valence-corrected chi connectivity index (χ3v) is 4.26. The number of amides is 1. The van der Waals surface area contributed by atoms with Crippen LogP contribution in [0.4, 0.5) is 0 Å². The van der Waals surface area contributed by atoms with Crippen molar-refractivity contribution in [2.24, 2.45) is 0 Å². The van der Waals surface area contributed by atoms with Crippen LogP contribution in [0.3, 0.4) is 0 Å². The fourth-order valence-corrected chi connectivity index (χ4v) is 2.86. The highest BCUT2D eigenvalue weighted by Gasteiger charge is 2.13. The van der Waals surface area contributed by atoms with E-state index in [4.69, 9.17) is 5.26 Å². The van der Waals surface area contributed by atoms with Gasteiger partial charge in [-0.1, -0.05) is 30.3 Å². The van der Waals surface area contributed by atoms with Crippen molar-refractivity contribution in [1.82, 2.24) is 15.1 Å². The van der Waals surface area contributed by atoms with E-state index in [0.29, 0.717) is 16.6 Å². The van der Waals surface area contributed by atoms with Gasteiger partial charge >= 0.3 is 0 Å². The highest BCUT2D eigenvalue weighted by atomic mass is 16.2. The van der Waals surface area contributed by atoms with E-state index in [0.717, 1.165) is 10.9 Å². The van der Waals surface area contributed by atoms with Crippen molar-refractivity contribution in [3.05, 3.63) is 75.7 Å². The van der Waals surface area contributed by atoms with Crippen molar-refractivity contribution in [2.45, 2.75) is 26.4 Å². The van der Waals surface area contributed by atoms with Crippen LogP contribution in [-0.4, -0.2) is 15.7 Å². The van der Waals surface area contributed by atoms with Crippen LogP contribution < -0.4 is 10.9 Å². The zero-order valence-electron chi connectivity index (χ0n) is 14.6. The number of carbonyl (C=O) groups is 1. The van der Waals surface area contributed by atoms with Crippen LogP contribution in [0.25, 0.3) is 10.8 Å². The van der Waals surface area contributed by atoms with Gasteiger partial charge in [0.25, 0.3) is 5.56 Å². The Bertz CT molecular complexity index is 1060. The quantitative estimate of drug-likeness (QED) is 0.786. The number of aromatic nitrogens is 2. The molecule has 1 unspecified atom stereocenters. The molecule has 1 amide bonds. The maximum absolute atomic E-state index is 12.5. The van der Waals surface area contributed by atoms with Crippen LogP contribution in [0, 0.1) is 18.3 Å². The fourth-order valence-electron chi connectivity index (χ4n) is 2.86. The lowest BCUT2D eigenvalue weighted by atomic mass is 10.1. The Morgan fingerprint density at radius 1 is 1.19 bits per heavy atom. The molecule has 0 radical (unpaired) electrons. The Morgan fingerprint density at radius 3 is 2.50 bits per heavy atom. The molecule has 0 aliphatic carbocycles. The molecule has 0 aliphatic heterocycles. The number of nitrogens with one attached hydrogen (secondary N) is 1. The number of aryl methyl sites for hydroxylation is 1. The van der Waals surface area contributed by atoms with Crippen molar-refractivity contribution < 1.29 is 4.79 Å². The minimum absolute atomic E-state index is 0.148. The van der Waals surface area contributed by atoms with Gasteiger partial charge in [-0.15, -0.1) is 0 Å². The predicted octanol–water partition coefficient (Wildman–Crippen LogP) is 2.45. The molecule has 0 saturated heterocycles. The first-order valence-electron chi connectivity index (χ1n) is 8.25. The summed E-state index contributed by atoms with van der Waals surface area (Å²) in [6, 6.07) is 16.1. The molecule has 26 heavy (non-hydrogen) atoms. The second kappa shape index (κ2) is 7.19. The van der Waals surface area contributed by atoms with Gasteiger partial charge in [0.15, 0.2) is 0 Å². The van der Waals surface area contributed by atoms with E-state index in [1.54, 1.807) is 36.4 Å². The largest absolute Gasteiger partial charge is 0.348 e. The lowest BCUT2D eigenvalue weighted by Gasteiger charge is -2.15. The van der Waals surface area contributed by atoms with Crippen LogP contribution in [0.2, 0.25) is 0 Å². The van der Waals surface area contributed by atoms with E-state index in [9.17, 15) is 9.59 Å². The van der Waals surface area contributed by atoms with Gasteiger partial charge in [-0.25, -0.2) is 4.68 Å². The van der Waals surface area contributed by atoms with Gasteiger partial charge in [0.05, 0.1) is 28.8 Å². The Balaban J connectivity index is 1.77. The maximum Gasteiger partial charge on any atom is 0.275 e. The third-order valence-electron chi connectivity index (χ3n) is 4.26. The number of nitrogens with zero attached hydrogens (tertiary/aromatic N) is 3. The van der Waals surface area contributed by atoms with Crippen LogP contribution in [0.5, 0.6) is 0 Å². The molecule has 1 atom stereocenters. The monoisotopic (exact) mass is 346 g/mol. The van der Waals surface area contributed by atoms with E-state index in [-0.39, 0.29) is 24.1 Å². The molecule has 1 aromatic heterocycles. The predicted molar refractivity (Wildman–Crippen MR) is 98.5 cm³/mol. The lowest BCUT2D eigenvalue weighted by molar-refractivity contribution is -0.122. The zero-order valence-corrected chi connectivity index (χ0v) is 14.6. The Labute approximate surface area is 150 Å². The SMILES string of the molecule is Cc1nn(CC(=O)NC(C)c2ccc(C#N)cc2)c(=O)c2ccccc12. The second-order valence-corrected chi connectivity index (χ2v) is 6.12. The van der Waals surface area contributed by atoms with Crippen molar-refractivity contribution in [2.75, 3.05) is 0 Å². The van der Waals surface area contributed by atoms with Gasteiger partial charge in [0, 0.05) is 5.39 Å². The molecule has 1 N–H and O–H groups in total. The van der Waals surface area contributed by atoms with E-state index >= 15 is 0 Å². The minimum atomic E-state index is -0.300. The summed E-state index contributed by atoms with van der Waals surface area (Å²) in [5.74, 6) is -0.300. The molecule has 0 aliphatic rings. The Kier molecular flexibility index (Phi) is 4.81. The summed E-state index contributed by atoms with van der Waals surface area (Å²) < 4.78 is 1.19. The molecule has 6 heteroatoms. The normalized spacial score (nSPS) is 11.7. The van der Waals surface area contributed by atoms with Crippen LogP contribution in [-0.2, 0) is 11.3 Å². The molecular formula is C20H18N4O2. The summed E-state index contributed by atoms with van der Waals surface area (Å²) in [7, 11) is 0. The zero-order chi connectivity index (χ0) is 18.7. The lowest BCUT2D eigenvalue weighted by Crippen LogP contribution is -2.35. The van der Waals surface area contributed by atoms with E-state index in [1.165, 1.54) is 4.68 Å². The summed E-state index contributed by atoms with van der Waals surface area (Å²) in [6.07, 6.45) is 0. The summed E-state index contributed by atoms with van der Waals surface area (Å²) in [5, 5.41) is 17.3. The average Bonchev–Trinajstić information content (AvgIpc) is 2.66. The molecule has 6 nitrogen and oxygen atoms in total. The number of rotatable bonds is 4. The fraction of sp³-hybridized carbons (Fsp3) is 0.200. The first-order chi connectivity index (χ1) is 12.5. The average molecular weight is 346 g/mol. The van der Waals surface area contributed by atoms with Gasteiger partial charge in [-0.2, -0.15) is 10.4 Å². The molecule has 1 heterocycles. The highest BCUT2D eigenvalue weighted by molar-refractivity contribution is 5.83. The Morgan fingerprint density at radius 2 is 1.85 bits per heavy atom. The minimum Gasteiger partial charge on any atom is -0.348 e. The van der Waals surface area contributed by atoms with Crippen molar-refractivity contribution in [3.8, 4) is 6.07 Å². The van der Waals surface area contributed by atoms with Crippen molar-refractivity contribution >= 4 is 16.7 Å². The van der Waals surface area contributed by atoms with E-state index in [1.807, 2.05) is 26.0 Å². The summed E-state index contributed by atoms with van der Waals surface area (Å²) in [6.45, 7) is 3.52. The van der Waals surface area contributed by atoms with Crippen molar-refractivity contribution in [1.29, 1.82) is 5.26 Å². The molecule has 0 saturated carbocycles. The molecule has 0 fully saturated rings. The number of hydrogen-bond donors (Lipinski definition) is 1. The first kappa shape index (κ1) is 17.4. The van der Waals surface area contributed by atoms with Gasteiger partial charge in [-0.05, 0) is 37.6 Å². The Hall–Kier alpha value is -3.46. The molecule has 2 aromatic carbocycles. The number of benzene rings is 2. The molecule has 0 bridgehead atoms. The smallest absolute Gasteiger partial charge is 0.275 e. The molecule has 3 aromatic rings. The highest BCUT2D eigenvalue weighted by Crippen LogP contribution is 2.14. The van der Waals surface area contributed by atoms with Crippen LogP contribution in [0.1, 0.15) is 29.8 Å². The molecule has 0 spiro atoms. The molecular weight excluding hydrogens is 328 g/mol. The molecule has 130 valence electrons. The summed E-state index contributed by atoms with van der Waals surface area (Å²) >= 11 is 0. The topological polar surface area (TPSA) is 87.8 Å². The number of hydrogen-bond acceptors (Lipinski definition) is 4. The van der Waals surface area contributed by atoms with Gasteiger partial charge < -0.3 is 5.32 Å². The summed E-state index contributed by atoms with van der Waals surface area (Å²) in [5.41, 5.74) is 1.86. The van der Waals surface area contributed by atoms with Crippen molar-refractivity contribution in [3.63, 3.8) is 0 Å². The standard InChI is InChI=1S/C20H18N4O2/c1-13(16-9-7-15(11-21)8-10-16)22-19(25)12-24-20(26)18-6-4-3-5-17(18)14(2)23-24/h3-10,13H,12H2,1-2H3,(H,22,25). The van der Waals surface area contributed by atoms with E-state index in [2.05, 4.69) is 16.5 Å². The number of fused-ring (bicyclic) bond motifs is 1. The third kappa shape index (κ3) is 3.47. The maximum atomic E-state index is 12.5.